The number of fused-ring (bicyclic) bond motifs is 1. The summed E-state index contributed by atoms with van der Waals surface area (Å²) < 4.78 is 6.80. The highest BCUT2D eigenvalue weighted by Crippen LogP contribution is 2.35. The van der Waals surface area contributed by atoms with Crippen molar-refractivity contribution in [3.05, 3.63) is 63.6 Å². The Kier molecular flexibility index (Phi) is 3.17. The molecule has 0 unspecified atom stereocenters. The third-order valence-electron chi connectivity index (χ3n) is 3.43. The van der Waals surface area contributed by atoms with Gasteiger partial charge < -0.3 is 4.74 Å². The molecule has 0 bridgehead atoms. The zero-order valence-electron chi connectivity index (χ0n) is 11.4. The summed E-state index contributed by atoms with van der Waals surface area (Å²) in [4.78, 5) is 12.5. The van der Waals surface area contributed by atoms with Gasteiger partial charge in [-0.1, -0.05) is 15.9 Å². The number of hydrogen-bond acceptors (Lipinski definition) is 2. The molecule has 3 heteroatoms. The van der Waals surface area contributed by atoms with Gasteiger partial charge in [0.15, 0.2) is 5.78 Å². The molecule has 1 aliphatic heterocycles. The van der Waals surface area contributed by atoms with Crippen molar-refractivity contribution in [2.24, 2.45) is 0 Å². The van der Waals surface area contributed by atoms with Crippen LogP contribution < -0.4 is 4.74 Å². The summed E-state index contributed by atoms with van der Waals surface area (Å²) in [6.45, 7) is 4.12. The van der Waals surface area contributed by atoms with Crippen LogP contribution in [0.15, 0.2) is 46.9 Å². The Hall–Kier alpha value is -1.61. The Bertz CT molecular complexity index is 672. The number of rotatable bonds is 2. The molecule has 0 saturated heterocycles. The second-order valence-electron chi connectivity index (χ2n) is 5.70. The number of benzene rings is 2. The molecule has 0 spiro atoms. The van der Waals surface area contributed by atoms with Gasteiger partial charge >= 0.3 is 0 Å². The topological polar surface area (TPSA) is 26.3 Å². The fourth-order valence-corrected chi connectivity index (χ4v) is 2.78. The maximum Gasteiger partial charge on any atom is 0.193 e. The van der Waals surface area contributed by atoms with Gasteiger partial charge in [0.2, 0.25) is 0 Å². The smallest absolute Gasteiger partial charge is 0.193 e. The van der Waals surface area contributed by atoms with Gasteiger partial charge in [0.25, 0.3) is 0 Å². The van der Waals surface area contributed by atoms with E-state index in [1.807, 2.05) is 42.5 Å². The Morgan fingerprint density at radius 2 is 1.75 bits per heavy atom. The normalized spacial score (nSPS) is 15.6. The highest BCUT2D eigenvalue weighted by Gasteiger charge is 2.30. The summed E-state index contributed by atoms with van der Waals surface area (Å²) in [5.74, 6) is 0.937. The van der Waals surface area contributed by atoms with E-state index in [1.165, 1.54) is 0 Å². The molecule has 0 aromatic heterocycles. The highest BCUT2D eigenvalue weighted by atomic mass is 79.9. The first-order valence-corrected chi connectivity index (χ1v) is 7.36. The zero-order valence-corrected chi connectivity index (χ0v) is 13.0. The Balaban J connectivity index is 1.93. The standard InChI is InChI=1S/C17H15BrO2/c1-17(2)10-13-9-12(5-8-15(13)20-17)16(19)11-3-6-14(18)7-4-11/h3-9H,10H2,1-2H3. The van der Waals surface area contributed by atoms with Gasteiger partial charge in [-0.15, -0.1) is 0 Å². The van der Waals surface area contributed by atoms with Crippen molar-refractivity contribution in [3.63, 3.8) is 0 Å². The SMILES string of the molecule is CC1(C)Cc2cc(C(=O)c3ccc(Br)cc3)ccc2O1. The van der Waals surface area contributed by atoms with Gasteiger partial charge in [-0.25, -0.2) is 0 Å². The number of halogens is 1. The van der Waals surface area contributed by atoms with Crippen LogP contribution in [0, 0.1) is 0 Å². The number of hydrogen-bond donors (Lipinski definition) is 0. The molecule has 0 fully saturated rings. The molecule has 102 valence electrons. The molecule has 1 aliphatic rings. The summed E-state index contributed by atoms with van der Waals surface area (Å²) in [5, 5.41) is 0. The van der Waals surface area contributed by atoms with E-state index in [0.717, 1.165) is 22.2 Å². The van der Waals surface area contributed by atoms with E-state index in [9.17, 15) is 4.79 Å². The third kappa shape index (κ3) is 2.50. The minimum Gasteiger partial charge on any atom is -0.487 e. The van der Waals surface area contributed by atoms with Gasteiger partial charge in [0.05, 0.1) is 0 Å². The Morgan fingerprint density at radius 3 is 2.45 bits per heavy atom. The third-order valence-corrected chi connectivity index (χ3v) is 3.96. The fraction of sp³-hybridized carbons (Fsp3) is 0.235. The van der Waals surface area contributed by atoms with Gasteiger partial charge in [-0.3, -0.25) is 4.79 Å². The molecule has 3 rings (SSSR count). The average molecular weight is 331 g/mol. The summed E-state index contributed by atoms with van der Waals surface area (Å²) >= 11 is 3.38. The first kappa shape index (κ1) is 13.4. The van der Waals surface area contributed by atoms with E-state index >= 15 is 0 Å². The molecule has 1 heterocycles. The van der Waals surface area contributed by atoms with Gasteiger partial charge in [0, 0.05) is 22.0 Å². The van der Waals surface area contributed by atoms with E-state index in [2.05, 4.69) is 29.8 Å². The molecule has 2 nitrogen and oxygen atoms in total. The summed E-state index contributed by atoms with van der Waals surface area (Å²) in [7, 11) is 0. The summed E-state index contributed by atoms with van der Waals surface area (Å²) in [5.41, 5.74) is 2.35. The predicted octanol–water partition coefficient (Wildman–Crippen LogP) is 4.39. The van der Waals surface area contributed by atoms with Crippen molar-refractivity contribution in [2.45, 2.75) is 25.9 Å². The van der Waals surface area contributed by atoms with Crippen LogP contribution in [0.1, 0.15) is 35.3 Å². The molecule has 2 aromatic rings. The van der Waals surface area contributed by atoms with Crippen molar-refractivity contribution in [1.29, 1.82) is 0 Å². The molecule has 0 saturated carbocycles. The number of carbonyl (C=O) groups is 1. The highest BCUT2D eigenvalue weighted by molar-refractivity contribution is 9.10. The molecule has 0 radical (unpaired) electrons. The zero-order chi connectivity index (χ0) is 14.3. The molecule has 0 amide bonds. The molecule has 0 N–H and O–H groups in total. The number of ether oxygens (including phenoxy) is 1. The van der Waals surface area contributed by atoms with Gasteiger partial charge in [-0.2, -0.15) is 0 Å². The molecule has 0 aliphatic carbocycles. The fourth-order valence-electron chi connectivity index (χ4n) is 2.52. The van der Waals surface area contributed by atoms with Gasteiger partial charge in [-0.05, 0) is 61.9 Å². The predicted molar refractivity (Wildman–Crippen MR) is 82.4 cm³/mol. The summed E-state index contributed by atoms with van der Waals surface area (Å²) in [6.07, 6.45) is 0.837. The van der Waals surface area contributed by atoms with E-state index in [1.54, 1.807) is 0 Å². The van der Waals surface area contributed by atoms with E-state index in [-0.39, 0.29) is 11.4 Å². The second kappa shape index (κ2) is 4.74. The lowest BCUT2D eigenvalue weighted by Gasteiger charge is -2.16. The van der Waals surface area contributed by atoms with Crippen LogP contribution in [0.4, 0.5) is 0 Å². The van der Waals surface area contributed by atoms with Crippen LogP contribution in [-0.2, 0) is 6.42 Å². The first-order valence-electron chi connectivity index (χ1n) is 6.57. The maximum atomic E-state index is 12.5. The van der Waals surface area contributed by atoms with E-state index < -0.39 is 0 Å². The Morgan fingerprint density at radius 1 is 1.10 bits per heavy atom. The molecule has 2 aromatic carbocycles. The lowest BCUT2D eigenvalue weighted by molar-refractivity contribution is 0.103. The minimum atomic E-state index is -0.179. The summed E-state index contributed by atoms with van der Waals surface area (Å²) in [6, 6.07) is 13.1. The van der Waals surface area contributed by atoms with Crippen LogP contribution in [0.5, 0.6) is 5.75 Å². The number of ketones is 1. The molecular formula is C17H15BrO2. The largest absolute Gasteiger partial charge is 0.487 e. The van der Waals surface area contributed by atoms with Crippen molar-refractivity contribution in [2.75, 3.05) is 0 Å². The van der Waals surface area contributed by atoms with Crippen LogP contribution in [-0.4, -0.2) is 11.4 Å². The first-order chi connectivity index (χ1) is 9.44. The van der Waals surface area contributed by atoms with Crippen molar-refractivity contribution >= 4 is 21.7 Å². The quantitative estimate of drug-likeness (QED) is 0.763. The lowest BCUT2D eigenvalue weighted by Crippen LogP contribution is -2.24. The Labute approximate surface area is 126 Å². The van der Waals surface area contributed by atoms with Crippen molar-refractivity contribution in [1.82, 2.24) is 0 Å². The van der Waals surface area contributed by atoms with E-state index in [4.69, 9.17) is 4.74 Å². The minimum absolute atomic E-state index is 0.0463. The average Bonchev–Trinajstić information content (AvgIpc) is 2.71. The van der Waals surface area contributed by atoms with E-state index in [0.29, 0.717) is 11.1 Å². The monoisotopic (exact) mass is 330 g/mol. The molecular weight excluding hydrogens is 316 g/mol. The van der Waals surface area contributed by atoms with Crippen molar-refractivity contribution in [3.8, 4) is 5.75 Å². The maximum absolute atomic E-state index is 12.5. The lowest BCUT2D eigenvalue weighted by atomic mass is 9.97. The van der Waals surface area contributed by atoms with Crippen LogP contribution in [0.25, 0.3) is 0 Å². The van der Waals surface area contributed by atoms with Crippen LogP contribution in [0.3, 0.4) is 0 Å². The molecule has 20 heavy (non-hydrogen) atoms. The van der Waals surface area contributed by atoms with Crippen LogP contribution in [0.2, 0.25) is 0 Å². The van der Waals surface area contributed by atoms with Crippen molar-refractivity contribution < 1.29 is 9.53 Å². The van der Waals surface area contributed by atoms with Crippen LogP contribution >= 0.6 is 15.9 Å². The van der Waals surface area contributed by atoms with Gasteiger partial charge in [0.1, 0.15) is 11.4 Å². The second-order valence-corrected chi connectivity index (χ2v) is 6.61. The number of carbonyl (C=O) groups excluding carboxylic acids is 1. The molecule has 0 atom stereocenters.